The first-order valence-electron chi connectivity index (χ1n) is 4.34. The summed E-state index contributed by atoms with van der Waals surface area (Å²) in [7, 11) is 0. The van der Waals surface area contributed by atoms with Crippen LogP contribution in [0.15, 0.2) is 30.3 Å². The maximum Gasteiger partial charge on any atom is 0.126 e. The van der Waals surface area contributed by atoms with Crippen molar-refractivity contribution in [1.29, 1.82) is 0 Å². The largest absolute Gasteiger partial charge is 0.207 e. The van der Waals surface area contributed by atoms with Crippen LogP contribution in [0, 0.1) is 11.5 Å². The maximum atomic E-state index is 13.5. The van der Waals surface area contributed by atoms with Crippen LogP contribution < -0.4 is 0 Å². The summed E-state index contributed by atoms with van der Waals surface area (Å²) in [6, 6.07) is 9.72. The third-order valence-electron chi connectivity index (χ3n) is 1.55. The Morgan fingerprint density at radius 3 is 2.31 bits per heavy atom. The summed E-state index contributed by atoms with van der Waals surface area (Å²) in [4.78, 5) is 0. The molecule has 1 radical (unpaired) electrons. The predicted molar refractivity (Wildman–Crippen MR) is 53.8 cm³/mol. The first-order chi connectivity index (χ1) is 5.99. The molecule has 69 valence electrons. The van der Waals surface area contributed by atoms with Gasteiger partial charge in [0.25, 0.3) is 0 Å². The SMILES string of the molecule is CC(C)(C)/C=C(/F)c1cc[c]cc1. The van der Waals surface area contributed by atoms with Gasteiger partial charge in [0.05, 0.1) is 0 Å². The molecule has 1 aromatic carbocycles. The molecule has 0 spiro atoms. The van der Waals surface area contributed by atoms with Crippen molar-refractivity contribution >= 4 is 5.83 Å². The van der Waals surface area contributed by atoms with Crippen molar-refractivity contribution in [3.8, 4) is 0 Å². The number of halogens is 1. The molecule has 0 aromatic heterocycles. The van der Waals surface area contributed by atoms with E-state index in [2.05, 4.69) is 6.07 Å². The van der Waals surface area contributed by atoms with Crippen molar-refractivity contribution < 1.29 is 4.39 Å². The molecule has 1 rings (SSSR count). The van der Waals surface area contributed by atoms with Gasteiger partial charge >= 0.3 is 0 Å². The van der Waals surface area contributed by atoms with E-state index < -0.39 is 0 Å². The Bertz CT molecular complexity index is 291. The molecule has 0 atom stereocenters. The Labute approximate surface area is 79.1 Å². The Morgan fingerprint density at radius 1 is 1.31 bits per heavy atom. The van der Waals surface area contributed by atoms with Crippen molar-refractivity contribution in [2.24, 2.45) is 5.41 Å². The Hall–Kier alpha value is -1.11. The third kappa shape index (κ3) is 3.41. The van der Waals surface area contributed by atoms with Gasteiger partial charge < -0.3 is 0 Å². The quantitative estimate of drug-likeness (QED) is 0.611. The molecule has 13 heavy (non-hydrogen) atoms. The fourth-order valence-electron chi connectivity index (χ4n) is 1.01. The zero-order valence-corrected chi connectivity index (χ0v) is 8.26. The van der Waals surface area contributed by atoms with Gasteiger partial charge in [0, 0.05) is 5.56 Å². The minimum absolute atomic E-state index is 0.121. The van der Waals surface area contributed by atoms with Crippen LogP contribution in [0.1, 0.15) is 26.3 Å². The van der Waals surface area contributed by atoms with E-state index in [-0.39, 0.29) is 11.2 Å². The van der Waals surface area contributed by atoms with Crippen molar-refractivity contribution in [3.05, 3.63) is 42.0 Å². The average Bonchev–Trinajstić information content (AvgIpc) is 2.03. The van der Waals surface area contributed by atoms with Crippen molar-refractivity contribution in [2.75, 3.05) is 0 Å². The highest BCUT2D eigenvalue weighted by Crippen LogP contribution is 2.24. The summed E-state index contributed by atoms with van der Waals surface area (Å²) in [5, 5.41) is 0. The lowest BCUT2D eigenvalue weighted by Gasteiger charge is -2.12. The second-order valence-electron chi connectivity index (χ2n) is 4.15. The van der Waals surface area contributed by atoms with E-state index in [0.717, 1.165) is 0 Å². The second kappa shape index (κ2) is 3.73. The van der Waals surface area contributed by atoms with Gasteiger partial charge in [0.2, 0.25) is 0 Å². The van der Waals surface area contributed by atoms with E-state index in [1.165, 1.54) is 0 Å². The molecule has 0 nitrogen and oxygen atoms in total. The Kier molecular flexibility index (Phi) is 2.86. The molecule has 0 fully saturated rings. The van der Waals surface area contributed by atoms with E-state index in [9.17, 15) is 4.39 Å². The zero-order valence-electron chi connectivity index (χ0n) is 8.26. The number of hydrogen-bond acceptors (Lipinski definition) is 0. The maximum absolute atomic E-state index is 13.5. The minimum Gasteiger partial charge on any atom is -0.207 e. The van der Waals surface area contributed by atoms with Crippen LogP contribution >= 0.6 is 0 Å². The van der Waals surface area contributed by atoms with Crippen molar-refractivity contribution in [3.63, 3.8) is 0 Å². The molecule has 0 amide bonds. The molecule has 0 aliphatic rings. The van der Waals surface area contributed by atoms with Gasteiger partial charge in [-0.3, -0.25) is 0 Å². The first kappa shape index (κ1) is 9.97. The van der Waals surface area contributed by atoms with E-state index in [1.54, 1.807) is 30.3 Å². The van der Waals surface area contributed by atoms with Crippen LogP contribution in [0.25, 0.3) is 5.83 Å². The highest BCUT2D eigenvalue weighted by Gasteiger charge is 2.09. The molecular weight excluding hydrogens is 163 g/mol. The molecule has 1 aromatic rings. The number of benzene rings is 1. The molecule has 0 saturated carbocycles. The van der Waals surface area contributed by atoms with Gasteiger partial charge in [-0.15, -0.1) is 0 Å². The summed E-state index contributed by atoms with van der Waals surface area (Å²) in [5.41, 5.74) is 0.498. The van der Waals surface area contributed by atoms with Crippen LogP contribution in [0.4, 0.5) is 4.39 Å². The summed E-state index contributed by atoms with van der Waals surface area (Å²) < 4.78 is 13.5. The van der Waals surface area contributed by atoms with Crippen LogP contribution in [-0.2, 0) is 0 Å². The van der Waals surface area contributed by atoms with Gasteiger partial charge in [-0.05, 0) is 17.6 Å². The molecule has 0 aliphatic heterocycles. The van der Waals surface area contributed by atoms with Gasteiger partial charge in [0.15, 0.2) is 0 Å². The molecule has 1 heteroatoms. The highest BCUT2D eigenvalue weighted by molar-refractivity contribution is 5.59. The topological polar surface area (TPSA) is 0 Å². The highest BCUT2D eigenvalue weighted by atomic mass is 19.1. The Balaban J connectivity index is 2.92. The lowest BCUT2D eigenvalue weighted by molar-refractivity contribution is 0.536. The molecular formula is C12H14F. The summed E-state index contributed by atoms with van der Waals surface area (Å²) in [5.74, 6) is -0.165. The predicted octanol–water partition coefficient (Wildman–Crippen LogP) is 3.84. The summed E-state index contributed by atoms with van der Waals surface area (Å²) >= 11 is 0. The fourth-order valence-corrected chi connectivity index (χ4v) is 1.01. The average molecular weight is 177 g/mol. The van der Waals surface area contributed by atoms with E-state index in [4.69, 9.17) is 0 Å². The van der Waals surface area contributed by atoms with Gasteiger partial charge in [-0.25, -0.2) is 4.39 Å². The van der Waals surface area contributed by atoms with Crippen LogP contribution in [0.5, 0.6) is 0 Å². The molecule has 0 saturated heterocycles. The lowest BCUT2D eigenvalue weighted by atomic mass is 9.95. The zero-order chi connectivity index (χ0) is 9.90. The normalized spacial score (nSPS) is 13.1. The minimum atomic E-state index is -0.165. The Morgan fingerprint density at radius 2 is 1.85 bits per heavy atom. The molecule has 0 bridgehead atoms. The fraction of sp³-hybridized carbons (Fsp3) is 0.333. The number of allylic oxidation sites excluding steroid dienone is 1. The molecule has 0 N–H and O–H groups in total. The molecule has 0 unspecified atom stereocenters. The van der Waals surface area contributed by atoms with Crippen LogP contribution in [0.3, 0.4) is 0 Å². The lowest BCUT2D eigenvalue weighted by Crippen LogP contribution is -1.99. The monoisotopic (exact) mass is 177 g/mol. The molecule has 0 aliphatic carbocycles. The van der Waals surface area contributed by atoms with Crippen molar-refractivity contribution in [1.82, 2.24) is 0 Å². The van der Waals surface area contributed by atoms with Crippen LogP contribution in [-0.4, -0.2) is 0 Å². The third-order valence-corrected chi connectivity index (χ3v) is 1.55. The van der Waals surface area contributed by atoms with Crippen LogP contribution in [0.2, 0.25) is 0 Å². The second-order valence-corrected chi connectivity index (χ2v) is 4.15. The van der Waals surface area contributed by atoms with Gasteiger partial charge in [-0.1, -0.05) is 45.0 Å². The standard InChI is InChI=1S/C12H14F/c1-12(2,3)9-11(13)10-7-5-4-6-8-10/h5-9H,1-3H3/b11-9+. The summed E-state index contributed by atoms with van der Waals surface area (Å²) in [6.07, 6.45) is 1.63. The molecule has 0 heterocycles. The summed E-state index contributed by atoms with van der Waals surface area (Å²) in [6.45, 7) is 5.92. The number of rotatable bonds is 1. The van der Waals surface area contributed by atoms with Gasteiger partial charge in [-0.2, -0.15) is 0 Å². The van der Waals surface area contributed by atoms with Gasteiger partial charge in [0.1, 0.15) is 5.83 Å². The number of hydrogen-bond donors (Lipinski definition) is 0. The smallest absolute Gasteiger partial charge is 0.126 e. The first-order valence-corrected chi connectivity index (χ1v) is 4.34. The van der Waals surface area contributed by atoms with Crippen molar-refractivity contribution in [2.45, 2.75) is 20.8 Å². The van der Waals surface area contributed by atoms with E-state index in [1.807, 2.05) is 20.8 Å². The van der Waals surface area contributed by atoms with E-state index in [0.29, 0.717) is 5.56 Å². The van der Waals surface area contributed by atoms with E-state index >= 15 is 0 Å².